The molecule has 0 spiro atoms. The van der Waals surface area contributed by atoms with Crippen molar-refractivity contribution in [2.45, 2.75) is 55.4 Å². The topological polar surface area (TPSA) is 92.4 Å². The summed E-state index contributed by atoms with van der Waals surface area (Å²) in [5.41, 5.74) is 26.3. The van der Waals surface area contributed by atoms with E-state index >= 15 is 0 Å². The van der Waals surface area contributed by atoms with Gasteiger partial charge in [-0.15, -0.1) is 34.0 Å². The van der Waals surface area contributed by atoms with Crippen LogP contribution in [0.4, 0.5) is 0 Å². The molecule has 0 aliphatic rings. The molecule has 0 atom stereocenters. The van der Waals surface area contributed by atoms with Crippen LogP contribution in [-0.2, 0) is 14.1 Å². The summed E-state index contributed by atoms with van der Waals surface area (Å²) in [6.45, 7) is 16.7. The van der Waals surface area contributed by atoms with Crippen LogP contribution in [0, 0.1) is 55.4 Å². The fourth-order valence-corrected chi connectivity index (χ4v) is 21.8. The van der Waals surface area contributed by atoms with E-state index in [4.69, 9.17) is 13.3 Å². The van der Waals surface area contributed by atoms with Crippen LogP contribution < -0.4 is 0 Å². The van der Waals surface area contributed by atoms with Gasteiger partial charge in [-0.1, -0.05) is 350 Å². The van der Waals surface area contributed by atoms with E-state index in [0.717, 1.165) is 73.1 Å². The number of thiophene rings is 3. The van der Waals surface area contributed by atoms with Gasteiger partial charge >= 0.3 is 0 Å². The Labute approximate surface area is 831 Å². The van der Waals surface area contributed by atoms with Crippen LogP contribution in [0.15, 0.2) is 462 Å². The van der Waals surface area contributed by atoms with Crippen molar-refractivity contribution in [2.24, 2.45) is 14.1 Å². The van der Waals surface area contributed by atoms with E-state index in [1.165, 1.54) is 170 Å². The van der Waals surface area contributed by atoms with Crippen molar-refractivity contribution in [3.05, 3.63) is 494 Å². The van der Waals surface area contributed by atoms with E-state index in [-0.39, 0.29) is 0 Å². The minimum atomic E-state index is 0.792. The molecule has 0 fully saturated rings. The molecule has 0 amide bonds. The van der Waals surface area contributed by atoms with E-state index in [2.05, 4.69) is 413 Å². The quantitative estimate of drug-likeness (QED) is 0.171. The molecule has 29 rings (SSSR count). The number of para-hydroxylation sites is 10. The lowest BCUT2D eigenvalue weighted by Gasteiger charge is -2.06. The second kappa shape index (κ2) is 41.8. The highest BCUT2D eigenvalue weighted by Gasteiger charge is 2.16. The Hall–Kier alpha value is -16.6. The average Bonchev–Trinajstić information content (AvgIpc) is 1.57. The molecule has 0 bridgehead atoms. The number of benzene rings is 19. The van der Waals surface area contributed by atoms with Crippen LogP contribution in [0.2, 0.25) is 0 Å². The van der Waals surface area contributed by atoms with E-state index in [1.54, 1.807) is 0 Å². The molecular weight excluding hydrogens is 1780 g/mol. The van der Waals surface area contributed by atoms with Gasteiger partial charge in [-0.25, -0.2) is 15.0 Å². The minimum Gasteiger partial charge on any atom is -0.456 e. The van der Waals surface area contributed by atoms with Crippen LogP contribution in [0.5, 0.6) is 0 Å². The van der Waals surface area contributed by atoms with Crippen molar-refractivity contribution in [1.82, 2.24) is 28.5 Å². The summed E-state index contributed by atoms with van der Waals surface area (Å²) in [6.07, 6.45) is 0. The van der Waals surface area contributed by atoms with Gasteiger partial charge in [0.2, 0.25) is 5.78 Å². The molecule has 10 aromatic heterocycles. The highest BCUT2D eigenvalue weighted by Crippen LogP contribution is 2.40. The summed E-state index contributed by atoms with van der Waals surface area (Å²) in [5.74, 6) is 1.78. The van der Waals surface area contributed by atoms with Gasteiger partial charge in [-0.2, -0.15) is 0 Å². The van der Waals surface area contributed by atoms with Crippen molar-refractivity contribution >= 4 is 210 Å². The third kappa shape index (κ3) is 20.0. The van der Waals surface area contributed by atoms with Gasteiger partial charge in [0, 0.05) is 140 Å². The molecule has 686 valence electrons. The molecule has 12 heteroatoms. The van der Waals surface area contributed by atoms with Gasteiger partial charge in [0.1, 0.15) is 39.3 Å². The van der Waals surface area contributed by atoms with Gasteiger partial charge in [0.05, 0.1) is 33.5 Å². The largest absolute Gasteiger partial charge is 0.456 e. The molecule has 0 unspecified atom stereocenters. The Morgan fingerprint density at radius 1 is 0.213 bits per heavy atom. The van der Waals surface area contributed by atoms with Gasteiger partial charge < -0.3 is 22.4 Å². The SMILES string of the molecule is Cc1ccc2c(c1)oc1ccccc12.Cc1ccc2c(c1)sc1ccccc12.Cc1ccc2oc3ccccc3c2c1.Cc1ccc2sc3ccccc3c2c1.Cc1cccc2c1oc1ccccc12.Cc1cccc2c1sc1ccccc12.Cc1ccccc1.Cc1nc(-c2ccccc2)cc(-c2ccccc2)n1.Cn1c2ccccc2c2ccccc21.Cn1c2ccccc2n2c3ccccc3nc12. The Bertz CT molecular complexity index is 8990. The molecule has 141 heavy (non-hydrogen) atoms. The van der Waals surface area contributed by atoms with Gasteiger partial charge in [0.15, 0.2) is 0 Å². The summed E-state index contributed by atoms with van der Waals surface area (Å²) < 4.78 is 32.2. The first-order valence-corrected chi connectivity index (χ1v) is 50.0. The Kier molecular flexibility index (Phi) is 27.3. The minimum absolute atomic E-state index is 0.792. The number of hydrogen-bond acceptors (Lipinski definition) is 9. The predicted octanol–water partition coefficient (Wildman–Crippen LogP) is 37.2. The van der Waals surface area contributed by atoms with E-state index in [0.29, 0.717) is 0 Å². The first kappa shape index (κ1) is 92.1. The van der Waals surface area contributed by atoms with Crippen LogP contribution in [0.25, 0.3) is 198 Å². The molecule has 29 aromatic rings. The van der Waals surface area contributed by atoms with E-state index in [1.807, 2.05) is 168 Å². The zero-order valence-electron chi connectivity index (χ0n) is 80.4. The number of fused-ring (bicyclic) bond motifs is 26. The summed E-state index contributed by atoms with van der Waals surface area (Å²) in [6, 6.07) is 155. The maximum Gasteiger partial charge on any atom is 0.215 e. The Balaban J connectivity index is 0.0000000966. The predicted molar refractivity (Wildman–Crippen MR) is 606 cm³/mol. The number of rotatable bonds is 2. The Morgan fingerprint density at radius 2 is 0.596 bits per heavy atom. The van der Waals surface area contributed by atoms with E-state index < -0.39 is 0 Å². The standard InChI is InChI=1S/C17H14N2.C14H11N3.C13H11N.3C13H10O.3C13H10S.C7H8/c1-13-18-16(14-8-4-2-5-9-14)12-17(19-13)15-10-6-3-7-11-15;1-16-12-8-4-5-9-13(12)17-11-7-3-2-6-10(11)15-14(16)17;1-14-12-8-4-2-6-10(12)11-7-3-5-9-13(11)14;1-9-5-4-7-11-10-6-2-3-8-12(10)14-13(9)11;1-9-6-7-13-11(8-9)10-4-2-3-5-12(10)14-13;1-9-6-7-11-10-4-2-3-5-12(10)14-13(11)8-9;1-9-5-4-7-11-10-6-2-3-8-12(10)14-13(9)11;1-9-6-7-13-11(8-9)10-4-2-3-5-12(10)14-13;1-9-6-7-11-10-4-2-3-5-12(10)14-13(11)8-9;1-7-5-3-2-4-6-7/h2-12H,1H3;2-9H,1H3;2-9H,1H3;6*2-8H,1H3;2-6H,1H3. The number of aryl methyl sites for hydroxylation is 10. The van der Waals surface area contributed by atoms with Crippen molar-refractivity contribution in [2.75, 3.05) is 0 Å². The van der Waals surface area contributed by atoms with Gasteiger partial charge in [-0.05, 0) is 193 Å². The molecule has 9 nitrogen and oxygen atoms in total. The maximum atomic E-state index is 5.78. The summed E-state index contributed by atoms with van der Waals surface area (Å²) in [4.78, 5) is 13.7. The fourth-order valence-electron chi connectivity index (χ4n) is 18.4. The smallest absolute Gasteiger partial charge is 0.215 e. The highest BCUT2D eigenvalue weighted by atomic mass is 32.1. The number of furan rings is 3. The molecule has 10 heterocycles. The van der Waals surface area contributed by atoms with Gasteiger partial charge in [0.25, 0.3) is 0 Å². The molecule has 0 N–H and O–H groups in total. The molecule has 0 saturated heterocycles. The fraction of sp³-hybridized carbons (Fsp3) is 0.0775. The second-order valence-electron chi connectivity index (χ2n) is 35.4. The molecule has 19 aromatic carbocycles. The first-order valence-electron chi connectivity index (χ1n) is 47.5. The number of hydrogen-bond donors (Lipinski definition) is 0. The van der Waals surface area contributed by atoms with Crippen LogP contribution >= 0.6 is 34.0 Å². The van der Waals surface area contributed by atoms with Crippen LogP contribution in [0.3, 0.4) is 0 Å². The average molecular weight is 1880 g/mol. The second-order valence-corrected chi connectivity index (χ2v) is 38.7. The van der Waals surface area contributed by atoms with Crippen molar-refractivity contribution in [3.63, 3.8) is 0 Å². The highest BCUT2D eigenvalue weighted by molar-refractivity contribution is 7.26. The van der Waals surface area contributed by atoms with Crippen LogP contribution in [0.1, 0.15) is 44.8 Å². The number of nitrogens with zero attached hydrogens (tertiary/aromatic N) is 6. The molecule has 0 aliphatic heterocycles. The van der Waals surface area contributed by atoms with E-state index in [9.17, 15) is 0 Å². The number of imidazole rings is 2. The summed E-state index contributed by atoms with van der Waals surface area (Å²) >= 11 is 5.63. The Morgan fingerprint density at radius 3 is 1.19 bits per heavy atom. The lowest BCUT2D eigenvalue weighted by molar-refractivity contribution is 0.665. The van der Waals surface area contributed by atoms with Crippen molar-refractivity contribution in [3.8, 4) is 22.5 Å². The lowest BCUT2D eigenvalue weighted by atomic mass is 10.1. The zero-order valence-corrected chi connectivity index (χ0v) is 82.8. The molecule has 0 saturated carbocycles. The van der Waals surface area contributed by atoms with Crippen LogP contribution in [-0.4, -0.2) is 28.5 Å². The summed E-state index contributed by atoms with van der Waals surface area (Å²) in [5, 5.41) is 18.2. The monoisotopic (exact) mass is 1880 g/mol. The van der Waals surface area contributed by atoms with Crippen molar-refractivity contribution < 1.29 is 13.3 Å². The van der Waals surface area contributed by atoms with Crippen molar-refractivity contribution in [1.29, 1.82) is 0 Å². The lowest BCUT2D eigenvalue weighted by Crippen LogP contribution is -1.94. The third-order valence-electron chi connectivity index (χ3n) is 25.4. The normalized spacial score (nSPS) is 11.0. The summed E-state index contributed by atoms with van der Waals surface area (Å²) in [7, 11) is 4.17. The number of aromatic nitrogens is 6. The third-order valence-corrected chi connectivity index (χ3v) is 29.0. The first-order chi connectivity index (χ1) is 69.1. The van der Waals surface area contributed by atoms with Gasteiger partial charge in [-0.3, -0.25) is 4.40 Å². The molecule has 0 aliphatic carbocycles. The molecular formula is C129H104N6O3S3. The molecule has 0 radical (unpaired) electrons. The zero-order chi connectivity index (χ0) is 96.4. The maximum absolute atomic E-state index is 5.78.